The highest BCUT2D eigenvalue weighted by Gasteiger charge is 2.28. The maximum atomic E-state index is 14.2. The molecule has 1 amide bonds. The maximum absolute atomic E-state index is 14.2. The molecule has 0 bridgehead atoms. The van der Waals surface area contributed by atoms with Crippen LogP contribution >= 0.6 is 0 Å². The van der Waals surface area contributed by atoms with Crippen molar-refractivity contribution in [3.05, 3.63) is 95.2 Å². The Balaban J connectivity index is 1.35. The predicted octanol–water partition coefficient (Wildman–Crippen LogP) is 5.22. The average molecular weight is 636 g/mol. The van der Waals surface area contributed by atoms with Gasteiger partial charge in [0.2, 0.25) is 6.29 Å². The number of aliphatic hydroxyl groups excluding tert-OH is 1. The summed E-state index contributed by atoms with van der Waals surface area (Å²) >= 11 is 0. The normalized spacial score (nSPS) is 14.7. The van der Waals surface area contributed by atoms with Gasteiger partial charge in [-0.1, -0.05) is 42.5 Å². The zero-order valence-electron chi connectivity index (χ0n) is 26.1. The third-order valence-electron chi connectivity index (χ3n) is 7.87. The van der Waals surface area contributed by atoms with Crippen LogP contribution in [0.4, 0.5) is 10.5 Å². The van der Waals surface area contributed by atoms with Crippen molar-refractivity contribution in [2.45, 2.75) is 57.4 Å². The number of carbonyl (C=O) groups is 1. The lowest BCUT2D eigenvalue weighted by Crippen LogP contribution is -2.49. The first-order valence-corrected chi connectivity index (χ1v) is 16.5. The molecule has 11 heteroatoms. The topological polar surface area (TPSA) is 124 Å². The third kappa shape index (κ3) is 7.67. The number of aryl methyl sites for hydroxylation is 1. The van der Waals surface area contributed by atoms with Crippen molar-refractivity contribution in [3.8, 4) is 0 Å². The van der Waals surface area contributed by atoms with Crippen LogP contribution in [0.1, 0.15) is 49.5 Å². The number of fused-ring (bicyclic) bond motifs is 1. The highest BCUT2D eigenvalue weighted by atomic mass is 32.2. The lowest BCUT2D eigenvalue weighted by atomic mass is 10.1. The molecule has 3 aromatic carbocycles. The molecule has 2 heterocycles. The minimum Gasteiger partial charge on any atom is -0.455 e. The monoisotopic (exact) mass is 635 g/mol. The van der Waals surface area contributed by atoms with Gasteiger partial charge in [-0.15, -0.1) is 0 Å². The van der Waals surface area contributed by atoms with Crippen LogP contribution < -0.4 is 4.31 Å². The number of sulfonamides is 1. The van der Waals surface area contributed by atoms with Crippen LogP contribution in [-0.2, 0) is 27.7 Å². The largest absolute Gasteiger partial charge is 0.455 e. The minimum atomic E-state index is -4.00. The van der Waals surface area contributed by atoms with E-state index in [2.05, 4.69) is 4.90 Å². The summed E-state index contributed by atoms with van der Waals surface area (Å²) in [5, 5.41) is 19.8. The summed E-state index contributed by atoms with van der Waals surface area (Å²) < 4.78 is 40.8. The lowest BCUT2D eigenvalue weighted by molar-refractivity contribution is -0.0576. The number of hydrogen-bond donors (Lipinski definition) is 2. The summed E-state index contributed by atoms with van der Waals surface area (Å²) in [6.45, 7) is 10.7. The number of ether oxygens (including phenoxy) is 1. The van der Waals surface area contributed by atoms with Crippen molar-refractivity contribution in [2.24, 2.45) is 0 Å². The van der Waals surface area contributed by atoms with Crippen molar-refractivity contribution in [1.82, 2.24) is 9.80 Å². The summed E-state index contributed by atoms with van der Waals surface area (Å²) in [7, 11) is -4.00. The summed E-state index contributed by atoms with van der Waals surface area (Å²) in [6, 6.07) is 21.8. The average Bonchev–Trinajstić information content (AvgIpc) is 3.34. The van der Waals surface area contributed by atoms with Crippen molar-refractivity contribution in [1.29, 1.82) is 0 Å². The van der Waals surface area contributed by atoms with Crippen molar-refractivity contribution in [3.63, 3.8) is 0 Å². The van der Waals surface area contributed by atoms with Crippen molar-refractivity contribution in [2.75, 3.05) is 37.0 Å². The van der Waals surface area contributed by atoms with E-state index in [1.165, 1.54) is 16.4 Å². The van der Waals surface area contributed by atoms with Gasteiger partial charge in [0.15, 0.2) is 5.76 Å². The summed E-state index contributed by atoms with van der Waals surface area (Å²) in [5.41, 5.74) is 2.92. The van der Waals surface area contributed by atoms with Crippen molar-refractivity contribution < 1.29 is 32.6 Å². The number of hydrogen-bond acceptors (Lipinski definition) is 8. The fraction of sp³-hybridized carbons (Fsp3) is 0.382. The summed E-state index contributed by atoms with van der Waals surface area (Å²) in [5.74, 6) is -0.0117. The molecule has 1 fully saturated rings. The number of benzene rings is 3. The second-order valence-electron chi connectivity index (χ2n) is 12.3. The molecule has 0 atom stereocenters. The molecule has 1 saturated heterocycles. The molecule has 5 rings (SSSR count). The quantitative estimate of drug-likeness (QED) is 0.240. The van der Waals surface area contributed by atoms with E-state index in [0.29, 0.717) is 61.4 Å². The Morgan fingerprint density at radius 2 is 1.62 bits per heavy atom. The number of rotatable bonds is 9. The van der Waals surface area contributed by atoms with Crippen molar-refractivity contribution >= 4 is 32.8 Å². The van der Waals surface area contributed by atoms with E-state index in [1.54, 1.807) is 17.9 Å². The van der Waals surface area contributed by atoms with Crippen LogP contribution in [0, 0.1) is 6.92 Å². The van der Waals surface area contributed by atoms with Crippen LogP contribution in [0.25, 0.3) is 11.0 Å². The predicted molar refractivity (Wildman–Crippen MR) is 172 cm³/mol. The summed E-state index contributed by atoms with van der Waals surface area (Å²) in [6.07, 6.45) is -1.58. The van der Waals surface area contributed by atoms with Gasteiger partial charge in [0.05, 0.1) is 10.6 Å². The van der Waals surface area contributed by atoms with Crippen LogP contribution in [0.5, 0.6) is 0 Å². The molecule has 0 aliphatic carbocycles. The summed E-state index contributed by atoms with van der Waals surface area (Å²) in [4.78, 5) is 16.5. The third-order valence-corrected chi connectivity index (χ3v) is 9.69. The first-order chi connectivity index (χ1) is 21.3. The number of nitrogens with zero attached hydrogens (tertiary/aromatic N) is 3. The molecule has 240 valence electrons. The van der Waals surface area contributed by atoms with Gasteiger partial charge < -0.3 is 24.3 Å². The van der Waals surface area contributed by atoms with E-state index in [0.717, 1.165) is 11.1 Å². The first kappa shape index (κ1) is 32.5. The molecule has 0 saturated carbocycles. The second-order valence-corrected chi connectivity index (χ2v) is 14.2. The molecule has 45 heavy (non-hydrogen) atoms. The molecule has 10 nitrogen and oxygen atoms in total. The van der Waals surface area contributed by atoms with E-state index in [1.807, 2.05) is 75.4 Å². The first-order valence-electron chi connectivity index (χ1n) is 15.1. The Bertz CT molecular complexity index is 1720. The molecule has 0 spiro atoms. The second kappa shape index (κ2) is 13.2. The number of anilines is 1. The highest BCUT2D eigenvalue weighted by Crippen LogP contribution is 2.32. The fourth-order valence-corrected chi connectivity index (χ4v) is 6.95. The Labute approximate surface area is 264 Å². The Morgan fingerprint density at radius 1 is 0.956 bits per heavy atom. The van der Waals surface area contributed by atoms with E-state index in [4.69, 9.17) is 9.15 Å². The van der Waals surface area contributed by atoms with Crippen LogP contribution in [0.2, 0.25) is 0 Å². The Morgan fingerprint density at radius 3 is 2.24 bits per heavy atom. The van der Waals surface area contributed by atoms with E-state index in [9.17, 15) is 23.4 Å². The van der Waals surface area contributed by atoms with Gasteiger partial charge in [0.1, 0.15) is 11.2 Å². The zero-order valence-corrected chi connectivity index (χ0v) is 27.0. The van der Waals surface area contributed by atoms with Gasteiger partial charge in [-0.05, 0) is 75.6 Å². The van der Waals surface area contributed by atoms with E-state index < -0.39 is 21.9 Å². The fourth-order valence-electron chi connectivity index (χ4n) is 5.46. The van der Waals surface area contributed by atoms with Gasteiger partial charge in [0.25, 0.3) is 10.0 Å². The molecular weight excluding hydrogens is 594 g/mol. The van der Waals surface area contributed by atoms with E-state index in [-0.39, 0.29) is 23.3 Å². The Kier molecular flexibility index (Phi) is 9.54. The molecule has 0 radical (unpaired) electrons. The van der Waals surface area contributed by atoms with Gasteiger partial charge in [-0.2, -0.15) is 0 Å². The van der Waals surface area contributed by atoms with Gasteiger partial charge in [-0.3, -0.25) is 9.21 Å². The molecule has 0 unspecified atom stereocenters. The number of aliphatic hydroxyl groups is 2. The molecule has 2 N–H and O–H groups in total. The minimum absolute atomic E-state index is 0.0117. The van der Waals surface area contributed by atoms with Crippen LogP contribution in [0.15, 0.2) is 82.1 Å². The van der Waals surface area contributed by atoms with Crippen LogP contribution in [0.3, 0.4) is 0 Å². The highest BCUT2D eigenvalue weighted by molar-refractivity contribution is 7.92. The molecule has 4 aromatic rings. The van der Waals surface area contributed by atoms with Gasteiger partial charge in [-0.25, -0.2) is 13.2 Å². The lowest BCUT2D eigenvalue weighted by Gasteiger charge is -2.35. The molecule has 1 aliphatic rings. The van der Waals surface area contributed by atoms with Gasteiger partial charge in [0, 0.05) is 50.2 Å². The maximum Gasteiger partial charge on any atom is 0.410 e. The zero-order chi connectivity index (χ0) is 32.4. The molecule has 1 aromatic heterocycles. The number of piperazine rings is 1. The molecule has 1 aliphatic heterocycles. The van der Waals surface area contributed by atoms with E-state index >= 15 is 0 Å². The molecular formula is C34H41N3O7S. The number of carbonyl (C=O) groups excluding carboxylic acids is 1. The smallest absolute Gasteiger partial charge is 0.410 e. The standard InChI is InChI=1S/C34H41N3O7S/c1-24-29-22-28(14-15-30(29)43-31(24)32(38)39)45(41,42)37(17-16-25-8-6-5-7-9-25)27-12-10-26(11-13-27)23-35-18-20-36(21-19-35)33(40)44-34(2,3)4/h5-15,22,32,38-39H,16-21,23H2,1-4H3. The van der Waals surface area contributed by atoms with Gasteiger partial charge >= 0.3 is 6.09 Å². The van der Waals surface area contributed by atoms with Crippen LogP contribution in [-0.4, -0.2) is 72.8 Å². The number of amides is 1. The Hall–Kier alpha value is -3.90. The SMILES string of the molecule is Cc1c(C(O)O)oc2ccc(S(=O)(=O)N(CCc3ccccc3)c3ccc(CN4CCN(C(=O)OC(C)(C)C)CC4)cc3)cc12. The number of furan rings is 1.